The van der Waals surface area contributed by atoms with Gasteiger partial charge in [0, 0.05) is 28.2 Å². The molecule has 7 nitrogen and oxygen atoms in total. The molecule has 0 aliphatic carbocycles. The fourth-order valence-corrected chi connectivity index (χ4v) is 6.65. The van der Waals surface area contributed by atoms with Gasteiger partial charge in [-0.3, -0.25) is 13.9 Å². The van der Waals surface area contributed by atoms with Gasteiger partial charge in [0.1, 0.15) is 12.6 Å². The monoisotopic (exact) mass is 631 g/mol. The first-order valence-electron chi connectivity index (χ1n) is 14.0. The number of benzene rings is 3. The van der Waals surface area contributed by atoms with Crippen LogP contribution in [0.1, 0.15) is 55.9 Å². The maximum Gasteiger partial charge on any atom is 0.264 e. The Morgan fingerprint density at radius 2 is 1.48 bits per heavy atom. The zero-order chi connectivity index (χ0) is 31.2. The largest absolute Gasteiger partial charge is 0.352 e. The van der Waals surface area contributed by atoms with Crippen molar-refractivity contribution in [2.45, 2.75) is 77.9 Å². The highest BCUT2D eigenvalue weighted by Gasteiger charge is 2.35. The van der Waals surface area contributed by atoms with Crippen molar-refractivity contribution in [3.8, 4) is 0 Å². The Morgan fingerprint density at radius 1 is 0.881 bits per heavy atom. The van der Waals surface area contributed by atoms with E-state index >= 15 is 0 Å². The van der Waals surface area contributed by atoms with Crippen LogP contribution in [0.15, 0.2) is 65.6 Å². The second kappa shape index (κ2) is 14.4. The van der Waals surface area contributed by atoms with E-state index in [0.717, 1.165) is 15.4 Å². The van der Waals surface area contributed by atoms with E-state index in [0.29, 0.717) is 39.7 Å². The van der Waals surface area contributed by atoms with E-state index < -0.39 is 28.5 Å². The minimum absolute atomic E-state index is 0.0585. The summed E-state index contributed by atoms with van der Waals surface area (Å²) in [5.74, 6) is -0.893. The van der Waals surface area contributed by atoms with Crippen LogP contribution in [-0.2, 0) is 26.2 Å². The molecule has 3 rings (SSSR count). The molecule has 226 valence electrons. The van der Waals surface area contributed by atoms with Crippen LogP contribution in [0.5, 0.6) is 0 Å². The van der Waals surface area contributed by atoms with Gasteiger partial charge in [-0.15, -0.1) is 0 Å². The van der Waals surface area contributed by atoms with Crippen molar-refractivity contribution >= 4 is 50.7 Å². The van der Waals surface area contributed by atoms with Crippen molar-refractivity contribution in [2.24, 2.45) is 0 Å². The molecule has 0 saturated carbocycles. The quantitative estimate of drug-likeness (QED) is 0.237. The number of nitrogens with one attached hydrogen (secondary N) is 1. The van der Waals surface area contributed by atoms with E-state index in [1.165, 1.54) is 17.0 Å². The zero-order valence-electron chi connectivity index (χ0n) is 24.9. The fraction of sp³-hybridized carbons (Fsp3) is 0.375. The van der Waals surface area contributed by atoms with Crippen molar-refractivity contribution in [3.63, 3.8) is 0 Å². The highest BCUT2D eigenvalue weighted by molar-refractivity contribution is 7.92. The van der Waals surface area contributed by atoms with Crippen LogP contribution >= 0.6 is 23.2 Å². The summed E-state index contributed by atoms with van der Waals surface area (Å²) in [5.41, 5.74) is 3.41. The van der Waals surface area contributed by atoms with Crippen molar-refractivity contribution in [1.29, 1.82) is 0 Å². The molecule has 1 N–H and O–H groups in total. The molecular formula is C32H39Cl2N3O4S. The van der Waals surface area contributed by atoms with Crippen molar-refractivity contribution in [2.75, 3.05) is 10.8 Å². The predicted octanol–water partition coefficient (Wildman–Crippen LogP) is 6.84. The molecule has 0 aliphatic rings. The molecule has 2 atom stereocenters. The lowest BCUT2D eigenvalue weighted by atomic mass is 10.1. The summed E-state index contributed by atoms with van der Waals surface area (Å²) in [5, 5.41) is 3.65. The number of nitrogens with zero attached hydrogens (tertiary/aromatic N) is 2. The number of anilines is 1. The Balaban J connectivity index is 2.13. The van der Waals surface area contributed by atoms with Crippen LogP contribution in [0, 0.1) is 20.8 Å². The molecule has 3 aromatic carbocycles. The number of sulfonamides is 1. The standard InChI is InChI=1S/C32H39Cl2N3O4S/c1-7-24(6)35-32(39)29(8-2)36(19-26-27(33)10-9-11-28(26)34)31(38)20-37(30-17-14-22(4)18-23(30)5)42(40,41)25-15-12-21(3)13-16-25/h9-18,24,29H,7-8,19-20H2,1-6H3,(H,35,39). The van der Waals surface area contributed by atoms with Gasteiger partial charge in [-0.2, -0.15) is 0 Å². The summed E-state index contributed by atoms with van der Waals surface area (Å²) in [6, 6.07) is 15.9. The lowest BCUT2D eigenvalue weighted by Crippen LogP contribution is -2.53. The fourth-order valence-electron chi connectivity index (χ4n) is 4.65. The third-order valence-electron chi connectivity index (χ3n) is 7.29. The van der Waals surface area contributed by atoms with Gasteiger partial charge in [-0.05, 0) is 76.4 Å². The van der Waals surface area contributed by atoms with Gasteiger partial charge in [0.25, 0.3) is 10.0 Å². The van der Waals surface area contributed by atoms with Crippen LogP contribution in [0.2, 0.25) is 10.0 Å². The van der Waals surface area contributed by atoms with Crippen molar-refractivity contribution in [1.82, 2.24) is 10.2 Å². The molecule has 42 heavy (non-hydrogen) atoms. The number of rotatable bonds is 12. The second-order valence-corrected chi connectivity index (χ2v) is 13.3. The van der Waals surface area contributed by atoms with Crippen LogP contribution in [0.3, 0.4) is 0 Å². The molecule has 10 heteroatoms. The molecule has 0 spiro atoms. The highest BCUT2D eigenvalue weighted by atomic mass is 35.5. The molecular weight excluding hydrogens is 593 g/mol. The van der Waals surface area contributed by atoms with E-state index in [1.54, 1.807) is 56.3 Å². The Labute approximate surface area is 259 Å². The third kappa shape index (κ3) is 7.85. The second-order valence-electron chi connectivity index (χ2n) is 10.6. The van der Waals surface area contributed by atoms with Gasteiger partial charge in [0.2, 0.25) is 11.8 Å². The first-order valence-corrected chi connectivity index (χ1v) is 16.2. The molecule has 2 amide bonds. The number of carbonyl (C=O) groups is 2. The van der Waals surface area contributed by atoms with Crippen LogP contribution < -0.4 is 9.62 Å². The number of hydrogen-bond donors (Lipinski definition) is 1. The molecule has 0 bridgehead atoms. The molecule has 3 aromatic rings. The van der Waals surface area contributed by atoms with Crippen molar-refractivity contribution in [3.05, 3.63) is 93.0 Å². The molecule has 0 aromatic heterocycles. The van der Waals surface area contributed by atoms with Gasteiger partial charge < -0.3 is 10.2 Å². The first kappa shape index (κ1) is 33.4. The minimum Gasteiger partial charge on any atom is -0.352 e. The topological polar surface area (TPSA) is 86.8 Å². The summed E-state index contributed by atoms with van der Waals surface area (Å²) in [7, 11) is -4.17. The summed E-state index contributed by atoms with van der Waals surface area (Å²) in [6.45, 7) is 10.6. The highest BCUT2D eigenvalue weighted by Crippen LogP contribution is 2.30. The van der Waals surface area contributed by atoms with E-state index in [9.17, 15) is 18.0 Å². The van der Waals surface area contributed by atoms with Crippen LogP contribution in [0.4, 0.5) is 5.69 Å². The van der Waals surface area contributed by atoms with Crippen LogP contribution in [0.25, 0.3) is 0 Å². The lowest BCUT2D eigenvalue weighted by Gasteiger charge is -2.34. The number of hydrogen-bond acceptors (Lipinski definition) is 4. The number of amides is 2. The zero-order valence-corrected chi connectivity index (χ0v) is 27.3. The van der Waals surface area contributed by atoms with Crippen LogP contribution in [-0.4, -0.2) is 43.8 Å². The first-order chi connectivity index (χ1) is 19.8. The maximum atomic E-state index is 14.3. The number of halogens is 2. The summed E-state index contributed by atoms with van der Waals surface area (Å²) in [4.78, 5) is 29.2. The molecule has 0 heterocycles. The van der Waals surface area contributed by atoms with E-state index in [1.807, 2.05) is 33.8 Å². The Morgan fingerprint density at radius 3 is 2.02 bits per heavy atom. The van der Waals surface area contributed by atoms with Crippen molar-refractivity contribution < 1.29 is 18.0 Å². The number of carbonyl (C=O) groups excluding carboxylic acids is 2. The van der Waals surface area contributed by atoms with Gasteiger partial charge in [-0.25, -0.2) is 8.42 Å². The Bertz CT molecular complexity index is 1510. The SMILES string of the molecule is CCC(C)NC(=O)C(CC)N(Cc1c(Cl)cccc1Cl)C(=O)CN(c1ccc(C)cc1C)S(=O)(=O)c1ccc(C)cc1. The molecule has 0 saturated heterocycles. The predicted molar refractivity (Wildman–Crippen MR) is 171 cm³/mol. The molecule has 2 unspecified atom stereocenters. The average Bonchev–Trinajstić information content (AvgIpc) is 2.93. The minimum atomic E-state index is -4.17. The summed E-state index contributed by atoms with van der Waals surface area (Å²) < 4.78 is 29.3. The normalized spacial score (nSPS) is 12.9. The molecule has 0 aliphatic heterocycles. The molecule has 0 fully saturated rings. The molecule has 0 radical (unpaired) electrons. The Hall–Kier alpha value is -3.07. The maximum absolute atomic E-state index is 14.3. The van der Waals surface area contributed by atoms with Gasteiger partial charge >= 0.3 is 0 Å². The number of aryl methyl sites for hydroxylation is 3. The summed E-state index contributed by atoms with van der Waals surface area (Å²) in [6.07, 6.45) is 1.01. The third-order valence-corrected chi connectivity index (χ3v) is 9.77. The average molecular weight is 633 g/mol. The van der Waals surface area contributed by atoms with E-state index in [2.05, 4.69) is 5.32 Å². The van der Waals surface area contributed by atoms with E-state index in [4.69, 9.17) is 23.2 Å². The Kier molecular flexibility index (Phi) is 11.5. The summed E-state index contributed by atoms with van der Waals surface area (Å²) >= 11 is 13.0. The van der Waals surface area contributed by atoms with Gasteiger partial charge in [-0.1, -0.05) is 78.5 Å². The van der Waals surface area contributed by atoms with E-state index in [-0.39, 0.29) is 23.4 Å². The lowest BCUT2D eigenvalue weighted by molar-refractivity contribution is -0.140. The van der Waals surface area contributed by atoms with Gasteiger partial charge in [0.05, 0.1) is 10.6 Å². The van der Waals surface area contributed by atoms with Gasteiger partial charge in [0.15, 0.2) is 0 Å². The smallest absolute Gasteiger partial charge is 0.264 e.